The van der Waals surface area contributed by atoms with E-state index in [-0.39, 0.29) is 29.6 Å². The fourth-order valence-corrected chi connectivity index (χ4v) is 6.41. The summed E-state index contributed by atoms with van der Waals surface area (Å²) in [5.74, 6) is 1.36. The van der Waals surface area contributed by atoms with Gasteiger partial charge in [0.1, 0.15) is 5.82 Å². The summed E-state index contributed by atoms with van der Waals surface area (Å²) < 4.78 is 25.7. The molecule has 0 bridgehead atoms. The number of amides is 2. The summed E-state index contributed by atoms with van der Waals surface area (Å²) in [7, 11) is -3.03. The number of carbonyl (C=O) groups is 1. The predicted molar refractivity (Wildman–Crippen MR) is 115 cm³/mol. The van der Waals surface area contributed by atoms with Gasteiger partial charge < -0.3 is 4.90 Å². The lowest BCUT2D eigenvalue weighted by Crippen LogP contribution is -2.40. The summed E-state index contributed by atoms with van der Waals surface area (Å²) >= 11 is 0. The number of hydrogen-bond acceptors (Lipinski definition) is 4. The van der Waals surface area contributed by atoms with Gasteiger partial charge in [0.2, 0.25) is 0 Å². The van der Waals surface area contributed by atoms with Crippen LogP contribution in [-0.2, 0) is 16.3 Å². The van der Waals surface area contributed by atoms with E-state index >= 15 is 0 Å². The molecule has 1 N–H and O–H groups in total. The first-order chi connectivity index (χ1) is 14.5. The van der Waals surface area contributed by atoms with Gasteiger partial charge in [-0.3, -0.25) is 5.32 Å². The smallest absolute Gasteiger partial charge is 0.321 e. The van der Waals surface area contributed by atoms with Crippen molar-refractivity contribution in [2.24, 2.45) is 0 Å². The van der Waals surface area contributed by atoms with Crippen LogP contribution >= 0.6 is 0 Å². The highest BCUT2D eigenvalue weighted by atomic mass is 32.2. The van der Waals surface area contributed by atoms with Crippen LogP contribution in [0.4, 0.5) is 10.6 Å². The zero-order chi connectivity index (χ0) is 20.7. The van der Waals surface area contributed by atoms with Crippen molar-refractivity contribution in [3.63, 3.8) is 0 Å². The van der Waals surface area contributed by atoms with E-state index in [4.69, 9.17) is 5.10 Å². The van der Waals surface area contributed by atoms with Crippen molar-refractivity contribution in [1.29, 1.82) is 0 Å². The second kappa shape index (κ2) is 7.72. The fourth-order valence-electron chi connectivity index (χ4n) is 4.71. The number of rotatable bonds is 5. The Hall–Kier alpha value is -2.35. The van der Waals surface area contributed by atoms with Gasteiger partial charge in [-0.25, -0.2) is 17.9 Å². The van der Waals surface area contributed by atoms with E-state index in [2.05, 4.69) is 17.4 Å². The minimum atomic E-state index is -3.03. The summed E-state index contributed by atoms with van der Waals surface area (Å²) in [6.07, 6.45) is 5.62. The van der Waals surface area contributed by atoms with E-state index in [0.29, 0.717) is 18.2 Å². The average molecular weight is 429 g/mol. The molecule has 7 nitrogen and oxygen atoms in total. The molecule has 2 saturated heterocycles. The molecule has 3 fully saturated rings. The third-order valence-corrected chi connectivity index (χ3v) is 8.24. The highest BCUT2D eigenvalue weighted by Crippen LogP contribution is 2.41. The van der Waals surface area contributed by atoms with Crippen LogP contribution in [0.25, 0.3) is 0 Å². The average Bonchev–Trinajstić information content (AvgIpc) is 3.15. The molecular weight excluding hydrogens is 400 g/mol. The Morgan fingerprint density at radius 3 is 2.63 bits per heavy atom. The molecule has 1 aromatic carbocycles. The van der Waals surface area contributed by atoms with Crippen LogP contribution < -0.4 is 5.32 Å². The molecule has 160 valence electrons. The third kappa shape index (κ3) is 4.10. The van der Waals surface area contributed by atoms with Gasteiger partial charge in [-0.2, -0.15) is 5.10 Å². The summed E-state index contributed by atoms with van der Waals surface area (Å²) in [6.45, 7) is 0.741. The molecule has 2 aliphatic heterocycles. The number of benzene rings is 1. The molecule has 5 rings (SSSR count). The first-order valence-corrected chi connectivity index (χ1v) is 12.7. The largest absolute Gasteiger partial charge is 0.323 e. The molecule has 2 aromatic rings. The van der Waals surface area contributed by atoms with Crippen LogP contribution in [0.1, 0.15) is 55.3 Å². The molecule has 0 unspecified atom stereocenters. The first-order valence-electron chi connectivity index (χ1n) is 10.9. The normalized spacial score (nSPS) is 25.5. The van der Waals surface area contributed by atoms with Gasteiger partial charge in [0, 0.05) is 24.6 Å². The lowest BCUT2D eigenvalue weighted by molar-refractivity contribution is 0.206. The molecule has 3 heterocycles. The molecule has 0 spiro atoms. The number of urea groups is 1. The number of nitrogens with one attached hydrogen (secondary N) is 1. The van der Waals surface area contributed by atoms with Crippen LogP contribution in [0.5, 0.6) is 0 Å². The maximum Gasteiger partial charge on any atom is 0.323 e. The molecule has 30 heavy (non-hydrogen) atoms. The van der Waals surface area contributed by atoms with Crippen LogP contribution in [0.2, 0.25) is 0 Å². The Balaban J connectivity index is 1.34. The summed E-state index contributed by atoms with van der Waals surface area (Å²) in [5.41, 5.74) is 2.20. The third-order valence-electron chi connectivity index (χ3n) is 6.49. The van der Waals surface area contributed by atoms with Gasteiger partial charge in [-0.15, -0.1) is 0 Å². The Morgan fingerprint density at radius 1 is 1.13 bits per heavy atom. The summed E-state index contributed by atoms with van der Waals surface area (Å²) in [6, 6.07) is 12.1. The van der Waals surface area contributed by atoms with E-state index in [0.717, 1.165) is 44.3 Å². The maximum atomic E-state index is 13.2. The Morgan fingerprint density at radius 2 is 1.93 bits per heavy atom. The zero-order valence-electron chi connectivity index (χ0n) is 17.0. The summed E-state index contributed by atoms with van der Waals surface area (Å²) in [5, 5.41) is 7.77. The van der Waals surface area contributed by atoms with E-state index in [1.54, 1.807) is 4.68 Å². The topological polar surface area (TPSA) is 84.3 Å². The number of aromatic nitrogens is 2. The van der Waals surface area contributed by atoms with Gasteiger partial charge in [-0.1, -0.05) is 30.3 Å². The molecule has 1 aromatic heterocycles. The lowest BCUT2D eigenvalue weighted by atomic mass is 10.0. The maximum absolute atomic E-state index is 13.2. The second-order valence-electron chi connectivity index (χ2n) is 8.84. The SMILES string of the molecule is O=C(Nc1cc(C2CC2)nn1[C@@H]1CCS(=O)(=O)C1)N1CCC[C@@H]1Cc1ccccc1. The van der Waals surface area contributed by atoms with Crippen LogP contribution in [0, 0.1) is 0 Å². The van der Waals surface area contributed by atoms with Crippen molar-refractivity contribution in [3.05, 3.63) is 47.7 Å². The van der Waals surface area contributed by atoms with E-state index < -0.39 is 9.84 Å². The highest BCUT2D eigenvalue weighted by Gasteiger charge is 2.35. The van der Waals surface area contributed by atoms with Crippen molar-refractivity contribution >= 4 is 21.7 Å². The number of nitrogens with zero attached hydrogens (tertiary/aromatic N) is 3. The van der Waals surface area contributed by atoms with Gasteiger partial charge in [0.25, 0.3) is 0 Å². The Labute approximate surface area is 177 Å². The quantitative estimate of drug-likeness (QED) is 0.791. The summed E-state index contributed by atoms with van der Waals surface area (Å²) in [4.78, 5) is 15.1. The number of hydrogen-bond donors (Lipinski definition) is 1. The van der Waals surface area contributed by atoms with Gasteiger partial charge in [-0.05, 0) is 44.1 Å². The van der Waals surface area contributed by atoms with E-state index in [9.17, 15) is 13.2 Å². The van der Waals surface area contributed by atoms with E-state index in [1.165, 1.54) is 5.56 Å². The van der Waals surface area contributed by atoms with Crippen molar-refractivity contribution in [1.82, 2.24) is 14.7 Å². The van der Waals surface area contributed by atoms with Gasteiger partial charge in [0.05, 0.1) is 23.2 Å². The number of likely N-dealkylation sites (tertiary alicyclic amines) is 1. The van der Waals surface area contributed by atoms with Crippen molar-refractivity contribution in [2.45, 2.75) is 56.5 Å². The van der Waals surface area contributed by atoms with Crippen molar-refractivity contribution in [3.8, 4) is 0 Å². The van der Waals surface area contributed by atoms with Crippen molar-refractivity contribution in [2.75, 3.05) is 23.4 Å². The fraction of sp³-hybridized carbons (Fsp3) is 0.545. The Bertz CT molecular complexity index is 1030. The zero-order valence-corrected chi connectivity index (χ0v) is 17.9. The molecule has 2 amide bonds. The van der Waals surface area contributed by atoms with Crippen LogP contribution in [0.15, 0.2) is 36.4 Å². The molecule has 0 radical (unpaired) electrons. The number of sulfone groups is 1. The standard InChI is InChI=1S/C22H28N4O3S/c27-22(25-11-4-7-18(25)13-16-5-2-1-3-6-16)23-21-14-20(17-8-9-17)24-26(21)19-10-12-30(28,29)15-19/h1-3,5-6,14,17-19H,4,7-13,15H2,(H,23,27)/t18-,19-/m1/s1. The van der Waals surface area contributed by atoms with Crippen molar-refractivity contribution < 1.29 is 13.2 Å². The number of anilines is 1. The molecule has 3 aliphatic rings. The highest BCUT2D eigenvalue weighted by molar-refractivity contribution is 7.91. The first kappa shape index (κ1) is 19.6. The van der Waals surface area contributed by atoms with Gasteiger partial charge >= 0.3 is 6.03 Å². The van der Waals surface area contributed by atoms with Crippen LogP contribution in [-0.4, -0.2) is 53.2 Å². The second-order valence-corrected chi connectivity index (χ2v) is 11.1. The number of carbonyl (C=O) groups excluding carboxylic acids is 1. The molecule has 8 heteroatoms. The molecule has 1 aliphatic carbocycles. The van der Waals surface area contributed by atoms with E-state index in [1.807, 2.05) is 29.2 Å². The Kier molecular flexibility index (Phi) is 5.05. The molecular formula is C22H28N4O3S. The molecule has 2 atom stereocenters. The minimum Gasteiger partial charge on any atom is -0.321 e. The minimum absolute atomic E-state index is 0.0992. The monoisotopic (exact) mass is 428 g/mol. The van der Waals surface area contributed by atoms with Crippen LogP contribution in [0.3, 0.4) is 0 Å². The van der Waals surface area contributed by atoms with Gasteiger partial charge in [0.15, 0.2) is 9.84 Å². The predicted octanol–water partition coefficient (Wildman–Crippen LogP) is 3.36. The molecule has 1 saturated carbocycles. The lowest BCUT2D eigenvalue weighted by Gasteiger charge is -2.25.